The Morgan fingerprint density at radius 2 is 1.92 bits per heavy atom. The number of benzene rings is 1. The topological polar surface area (TPSA) is 54.5 Å². The lowest BCUT2D eigenvalue weighted by Crippen LogP contribution is -2.33. The Labute approximate surface area is 155 Å². The highest BCUT2D eigenvalue weighted by Crippen LogP contribution is 2.22. The molecule has 5 heteroatoms. The highest BCUT2D eigenvalue weighted by Gasteiger charge is 2.16. The summed E-state index contributed by atoms with van der Waals surface area (Å²) in [4.78, 5) is 19.0. The summed E-state index contributed by atoms with van der Waals surface area (Å²) in [5.41, 5.74) is 2.73. The van der Waals surface area contributed by atoms with E-state index in [1.165, 1.54) is 12.8 Å². The number of aromatic nitrogens is 1. The van der Waals surface area contributed by atoms with E-state index in [-0.39, 0.29) is 5.91 Å². The Balaban J connectivity index is 1.48. The Kier molecular flexibility index (Phi) is 6.10. The second-order valence-corrected chi connectivity index (χ2v) is 6.93. The predicted molar refractivity (Wildman–Crippen MR) is 104 cm³/mol. The van der Waals surface area contributed by atoms with E-state index in [1.807, 2.05) is 42.6 Å². The van der Waals surface area contributed by atoms with Gasteiger partial charge in [-0.2, -0.15) is 0 Å². The van der Waals surface area contributed by atoms with E-state index < -0.39 is 0 Å². The summed E-state index contributed by atoms with van der Waals surface area (Å²) >= 11 is 0. The molecular formula is C21H27N3O2. The zero-order chi connectivity index (χ0) is 18.4. The van der Waals surface area contributed by atoms with Gasteiger partial charge in [0.2, 0.25) is 0 Å². The van der Waals surface area contributed by atoms with Gasteiger partial charge in [-0.1, -0.05) is 19.1 Å². The maximum atomic E-state index is 12.3. The molecule has 0 bridgehead atoms. The number of hydrogen-bond donors (Lipinski definition) is 1. The number of hydrogen-bond acceptors (Lipinski definition) is 4. The molecule has 2 heterocycles. The average Bonchev–Trinajstić information content (AvgIpc) is 2.69. The van der Waals surface area contributed by atoms with Crippen molar-refractivity contribution in [2.45, 2.75) is 26.2 Å². The van der Waals surface area contributed by atoms with Gasteiger partial charge in [-0.15, -0.1) is 0 Å². The van der Waals surface area contributed by atoms with Crippen LogP contribution in [0.15, 0.2) is 42.6 Å². The van der Waals surface area contributed by atoms with Crippen LogP contribution >= 0.6 is 0 Å². The van der Waals surface area contributed by atoms with E-state index in [2.05, 4.69) is 22.1 Å². The second kappa shape index (κ2) is 8.70. The van der Waals surface area contributed by atoms with Crippen molar-refractivity contribution in [2.24, 2.45) is 5.92 Å². The van der Waals surface area contributed by atoms with Gasteiger partial charge in [-0.25, -0.2) is 4.98 Å². The van der Waals surface area contributed by atoms with Crippen molar-refractivity contribution in [2.75, 3.05) is 31.6 Å². The second-order valence-electron chi connectivity index (χ2n) is 6.93. The molecule has 1 N–H and O–H groups in total. The van der Waals surface area contributed by atoms with Gasteiger partial charge in [0.1, 0.15) is 11.4 Å². The normalized spacial score (nSPS) is 14.9. The largest absolute Gasteiger partial charge is 0.497 e. The fraction of sp³-hybridized carbons (Fsp3) is 0.429. The first-order chi connectivity index (χ1) is 12.7. The third-order valence-electron chi connectivity index (χ3n) is 4.99. The Bertz CT molecular complexity index is 705. The molecule has 5 nitrogen and oxygen atoms in total. The smallest absolute Gasteiger partial charge is 0.269 e. The van der Waals surface area contributed by atoms with Crippen molar-refractivity contribution >= 4 is 11.6 Å². The van der Waals surface area contributed by atoms with Crippen molar-refractivity contribution in [3.05, 3.63) is 53.9 Å². The first-order valence-corrected chi connectivity index (χ1v) is 9.28. The fourth-order valence-electron chi connectivity index (χ4n) is 3.18. The number of carbonyl (C=O) groups is 1. The lowest BCUT2D eigenvalue weighted by Gasteiger charge is -2.31. The monoisotopic (exact) mass is 353 g/mol. The maximum absolute atomic E-state index is 12.3. The van der Waals surface area contributed by atoms with E-state index >= 15 is 0 Å². The number of nitrogens with one attached hydrogen (secondary N) is 1. The molecule has 138 valence electrons. The van der Waals surface area contributed by atoms with Crippen molar-refractivity contribution in [3.63, 3.8) is 0 Å². The molecule has 1 fully saturated rings. The van der Waals surface area contributed by atoms with E-state index in [0.717, 1.165) is 42.4 Å². The number of carbonyl (C=O) groups excluding carboxylic acids is 1. The molecule has 1 aromatic heterocycles. The molecule has 0 spiro atoms. The average molecular weight is 353 g/mol. The third kappa shape index (κ3) is 4.75. The fourth-order valence-corrected chi connectivity index (χ4v) is 3.18. The molecule has 3 rings (SSSR count). The molecule has 0 unspecified atom stereocenters. The number of nitrogens with zero attached hydrogens (tertiary/aromatic N) is 2. The summed E-state index contributed by atoms with van der Waals surface area (Å²) in [6.07, 6.45) is 5.02. The molecule has 0 radical (unpaired) electrons. The van der Waals surface area contributed by atoms with Gasteiger partial charge in [-0.3, -0.25) is 4.79 Å². The molecule has 2 aromatic rings. The molecule has 26 heavy (non-hydrogen) atoms. The SMILES string of the molecule is COc1ccc(CCNC(=O)c2ccc(N3CCC(C)CC3)cn2)cc1. The first-order valence-electron chi connectivity index (χ1n) is 9.28. The summed E-state index contributed by atoms with van der Waals surface area (Å²) in [6.45, 7) is 5.01. The number of methoxy groups -OCH3 is 1. The van der Waals surface area contributed by atoms with Crippen LogP contribution in [0.2, 0.25) is 0 Å². The minimum absolute atomic E-state index is 0.127. The summed E-state index contributed by atoms with van der Waals surface area (Å²) in [6, 6.07) is 11.7. The van der Waals surface area contributed by atoms with Crippen molar-refractivity contribution in [1.82, 2.24) is 10.3 Å². The number of pyridine rings is 1. The van der Waals surface area contributed by atoms with Crippen LogP contribution in [0, 0.1) is 5.92 Å². The van der Waals surface area contributed by atoms with Crippen molar-refractivity contribution in [1.29, 1.82) is 0 Å². The van der Waals surface area contributed by atoms with Crippen molar-refractivity contribution < 1.29 is 9.53 Å². The quantitative estimate of drug-likeness (QED) is 0.866. The van der Waals surface area contributed by atoms with E-state index in [1.54, 1.807) is 7.11 Å². The molecule has 1 aliphatic heterocycles. The number of amides is 1. The lowest BCUT2D eigenvalue weighted by atomic mass is 9.99. The van der Waals surface area contributed by atoms with Gasteiger partial charge in [0.15, 0.2) is 0 Å². The van der Waals surface area contributed by atoms with Crippen LogP contribution in [0.25, 0.3) is 0 Å². The number of piperidine rings is 1. The number of anilines is 1. The van der Waals surface area contributed by atoms with Gasteiger partial charge in [0.25, 0.3) is 5.91 Å². The minimum Gasteiger partial charge on any atom is -0.497 e. The Hall–Kier alpha value is -2.56. The zero-order valence-electron chi connectivity index (χ0n) is 15.6. The zero-order valence-corrected chi connectivity index (χ0v) is 15.6. The molecule has 1 amide bonds. The number of rotatable bonds is 6. The van der Waals surface area contributed by atoms with Crippen LogP contribution in [0.1, 0.15) is 35.8 Å². The summed E-state index contributed by atoms with van der Waals surface area (Å²) in [7, 11) is 1.65. The van der Waals surface area contributed by atoms with Crippen LogP contribution in [0.3, 0.4) is 0 Å². The lowest BCUT2D eigenvalue weighted by molar-refractivity contribution is 0.0949. The Morgan fingerprint density at radius 1 is 1.19 bits per heavy atom. The molecule has 0 saturated carbocycles. The van der Waals surface area contributed by atoms with Crippen LogP contribution in [-0.4, -0.2) is 37.6 Å². The highest BCUT2D eigenvalue weighted by atomic mass is 16.5. The summed E-state index contributed by atoms with van der Waals surface area (Å²) in [5.74, 6) is 1.51. The maximum Gasteiger partial charge on any atom is 0.269 e. The number of ether oxygens (including phenoxy) is 1. The van der Waals surface area contributed by atoms with Gasteiger partial charge in [-0.05, 0) is 55.0 Å². The van der Waals surface area contributed by atoms with Gasteiger partial charge in [0.05, 0.1) is 19.0 Å². The van der Waals surface area contributed by atoms with E-state index in [9.17, 15) is 4.79 Å². The van der Waals surface area contributed by atoms with Gasteiger partial charge >= 0.3 is 0 Å². The van der Waals surface area contributed by atoms with E-state index in [0.29, 0.717) is 12.2 Å². The molecule has 0 aliphatic carbocycles. The standard InChI is InChI=1S/C21H27N3O2/c1-16-10-13-24(14-11-16)18-5-8-20(23-15-18)21(25)22-12-9-17-3-6-19(26-2)7-4-17/h3-8,15-16H,9-14H2,1-2H3,(H,22,25). The summed E-state index contributed by atoms with van der Waals surface area (Å²) in [5, 5.41) is 2.93. The first kappa shape index (κ1) is 18.2. The van der Waals surface area contributed by atoms with Crippen molar-refractivity contribution in [3.8, 4) is 5.75 Å². The van der Waals surface area contributed by atoms with E-state index in [4.69, 9.17) is 4.74 Å². The van der Waals surface area contributed by atoms with Gasteiger partial charge in [0, 0.05) is 19.6 Å². The Morgan fingerprint density at radius 3 is 2.54 bits per heavy atom. The molecule has 0 atom stereocenters. The summed E-state index contributed by atoms with van der Waals surface area (Å²) < 4.78 is 5.15. The predicted octanol–water partition coefficient (Wildman–Crippen LogP) is 3.30. The van der Waals surface area contributed by atoms with Gasteiger partial charge < -0.3 is 15.0 Å². The molecule has 1 aromatic carbocycles. The third-order valence-corrected chi connectivity index (χ3v) is 4.99. The van der Waals surface area contributed by atoms with Crippen LogP contribution in [0.5, 0.6) is 5.75 Å². The molecule has 1 saturated heterocycles. The molecule has 1 aliphatic rings. The van der Waals surface area contributed by atoms with Crippen LogP contribution < -0.4 is 15.0 Å². The highest BCUT2D eigenvalue weighted by molar-refractivity contribution is 5.92. The minimum atomic E-state index is -0.127. The van der Waals surface area contributed by atoms with Crippen LogP contribution in [0.4, 0.5) is 5.69 Å². The van der Waals surface area contributed by atoms with Crippen LogP contribution in [-0.2, 0) is 6.42 Å². The molecular weight excluding hydrogens is 326 g/mol.